The second-order valence-corrected chi connectivity index (χ2v) is 18.0. The molecule has 0 spiro atoms. The highest BCUT2D eigenvalue weighted by Gasteiger charge is 2.27. The monoisotopic (exact) mass is 829 g/mol. The maximum absolute atomic E-state index is 12.8. The van der Waals surface area contributed by atoms with Crippen molar-refractivity contribution in [2.75, 3.05) is 19.8 Å². The maximum Gasteiger partial charge on any atom is 0.472 e. The Morgan fingerprint density at radius 2 is 1.00 bits per heavy atom. The minimum atomic E-state index is -4.41. The lowest BCUT2D eigenvalue weighted by Gasteiger charge is -2.24. The van der Waals surface area contributed by atoms with E-state index in [4.69, 9.17) is 14.8 Å². The largest absolute Gasteiger partial charge is 0.472 e. The number of hydrogen-bond acceptors (Lipinski definition) is 7. The third kappa shape index (κ3) is 41.5. The molecule has 0 bridgehead atoms. The summed E-state index contributed by atoms with van der Waals surface area (Å²) in [5, 5.41) is 24.1. The lowest BCUT2D eigenvalue weighted by Crippen LogP contribution is -2.46. The normalized spacial score (nSPS) is 14.7. The van der Waals surface area contributed by atoms with Crippen molar-refractivity contribution >= 4 is 13.7 Å². The number of rotatable bonds is 45. The number of carbonyl (C=O) groups is 1. The van der Waals surface area contributed by atoms with E-state index in [1.54, 1.807) is 6.08 Å². The van der Waals surface area contributed by atoms with E-state index in [0.29, 0.717) is 12.8 Å². The lowest BCUT2D eigenvalue weighted by molar-refractivity contribution is -0.124. The van der Waals surface area contributed by atoms with Crippen molar-refractivity contribution in [1.82, 2.24) is 5.32 Å². The second-order valence-electron chi connectivity index (χ2n) is 16.5. The molecule has 6 N–H and O–H groups in total. The molecule has 0 aromatic carbocycles. The van der Waals surface area contributed by atoms with Gasteiger partial charge in [-0.25, -0.2) is 4.57 Å². The van der Waals surface area contributed by atoms with Crippen LogP contribution in [0.2, 0.25) is 0 Å². The van der Waals surface area contributed by atoms with E-state index in [0.717, 1.165) is 32.1 Å². The molecule has 0 saturated heterocycles. The van der Waals surface area contributed by atoms with Crippen LogP contribution >= 0.6 is 7.82 Å². The summed E-state index contributed by atoms with van der Waals surface area (Å²) >= 11 is 0. The predicted octanol–water partition coefficient (Wildman–Crippen LogP) is 12.7. The number of phosphoric ester groups is 1. The van der Waals surface area contributed by atoms with E-state index in [1.807, 2.05) is 6.08 Å². The molecular formula is C47H93N2O7P. The van der Waals surface area contributed by atoms with Crippen molar-refractivity contribution < 1.29 is 33.5 Å². The van der Waals surface area contributed by atoms with Crippen LogP contribution in [0.5, 0.6) is 0 Å². The molecular weight excluding hydrogens is 735 g/mol. The van der Waals surface area contributed by atoms with Crippen molar-refractivity contribution in [2.45, 2.75) is 250 Å². The summed E-state index contributed by atoms with van der Waals surface area (Å²) in [5.74, 6) is -0.452. The quantitative estimate of drug-likeness (QED) is 0.0231. The molecule has 0 aliphatic rings. The lowest BCUT2D eigenvalue weighted by atomic mass is 10.0. The standard InChI is InChI=1S/C47H93N2O7P/c1-3-5-7-9-11-13-15-17-19-20-21-22-23-24-25-26-28-30-32-34-36-38-44(50)42-47(52)49-45(43-56-57(53,54)55-41-40-48)46(51)39-37-35-33-31-29-27-18-16-14-12-10-8-6-4-2/h29,31,37,39,44-46,50-51H,3-28,30,32-36,38,40-43,48H2,1-2H3,(H,49,52)(H,53,54)/b31-29+,39-37+. The Morgan fingerprint density at radius 3 is 1.46 bits per heavy atom. The Morgan fingerprint density at radius 1 is 0.596 bits per heavy atom. The van der Waals surface area contributed by atoms with Crippen molar-refractivity contribution in [3.8, 4) is 0 Å². The van der Waals surface area contributed by atoms with Gasteiger partial charge in [-0.2, -0.15) is 0 Å². The summed E-state index contributed by atoms with van der Waals surface area (Å²) in [5.41, 5.74) is 5.37. The van der Waals surface area contributed by atoms with Crippen LogP contribution < -0.4 is 11.1 Å². The molecule has 9 nitrogen and oxygen atoms in total. The number of nitrogens with one attached hydrogen (secondary N) is 1. The molecule has 0 heterocycles. The van der Waals surface area contributed by atoms with Crippen LogP contribution in [0.3, 0.4) is 0 Å². The zero-order valence-electron chi connectivity index (χ0n) is 37.2. The van der Waals surface area contributed by atoms with Gasteiger partial charge in [0, 0.05) is 6.54 Å². The molecule has 4 atom stereocenters. The van der Waals surface area contributed by atoms with Crippen molar-refractivity contribution in [2.24, 2.45) is 5.73 Å². The summed E-state index contributed by atoms with van der Waals surface area (Å²) in [6.07, 6.45) is 47.0. The van der Waals surface area contributed by atoms with E-state index in [2.05, 4.69) is 31.3 Å². The average molecular weight is 829 g/mol. The number of aliphatic hydroxyl groups is 2. The molecule has 0 fully saturated rings. The molecule has 338 valence electrons. The average Bonchev–Trinajstić information content (AvgIpc) is 3.19. The first-order valence-corrected chi connectivity index (χ1v) is 25.5. The predicted molar refractivity (Wildman–Crippen MR) is 241 cm³/mol. The summed E-state index contributed by atoms with van der Waals surface area (Å²) in [6, 6.07) is -0.995. The van der Waals surface area contributed by atoms with Crippen LogP contribution in [0.1, 0.15) is 232 Å². The number of amides is 1. The van der Waals surface area contributed by atoms with Gasteiger partial charge in [0.15, 0.2) is 0 Å². The minimum absolute atomic E-state index is 0.0461. The van der Waals surface area contributed by atoms with Crippen LogP contribution in [0.15, 0.2) is 24.3 Å². The smallest absolute Gasteiger partial charge is 0.393 e. The highest BCUT2D eigenvalue weighted by atomic mass is 31.2. The first kappa shape index (κ1) is 55.9. The van der Waals surface area contributed by atoms with Gasteiger partial charge in [0.25, 0.3) is 0 Å². The summed E-state index contributed by atoms with van der Waals surface area (Å²) in [7, 11) is -4.41. The summed E-state index contributed by atoms with van der Waals surface area (Å²) in [6.45, 7) is 3.97. The SMILES string of the molecule is CCCCCCCCCC/C=C/CC/C=C/C(O)C(COP(=O)(O)OCCN)NC(=O)CC(O)CCCCCCCCCCCCCCCCCCCCCCC. The minimum Gasteiger partial charge on any atom is -0.393 e. The third-order valence-electron chi connectivity index (χ3n) is 10.8. The molecule has 0 aliphatic carbocycles. The number of allylic oxidation sites excluding steroid dienone is 3. The summed E-state index contributed by atoms with van der Waals surface area (Å²) in [4.78, 5) is 22.8. The van der Waals surface area contributed by atoms with Gasteiger partial charge in [0.1, 0.15) is 0 Å². The second kappa shape index (κ2) is 43.0. The van der Waals surface area contributed by atoms with Crippen LogP contribution in [0.25, 0.3) is 0 Å². The van der Waals surface area contributed by atoms with E-state index in [-0.39, 0.29) is 19.6 Å². The molecule has 0 aromatic rings. The Kier molecular flexibility index (Phi) is 42.2. The van der Waals surface area contributed by atoms with Crippen LogP contribution in [0.4, 0.5) is 0 Å². The van der Waals surface area contributed by atoms with Gasteiger partial charge in [-0.3, -0.25) is 13.8 Å². The zero-order valence-corrected chi connectivity index (χ0v) is 38.1. The molecule has 57 heavy (non-hydrogen) atoms. The molecule has 0 aliphatic heterocycles. The van der Waals surface area contributed by atoms with Crippen LogP contribution in [-0.4, -0.2) is 59.0 Å². The number of nitrogens with two attached hydrogens (primary N) is 1. The fraction of sp³-hybridized carbons (Fsp3) is 0.894. The maximum atomic E-state index is 12.8. The van der Waals surface area contributed by atoms with Gasteiger partial charge in [-0.1, -0.05) is 218 Å². The zero-order chi connectivity index (χ0) is 41.9. The van der Waals surface area contributed by atoms with Crippen molar-refractivity contribution in [1.29, 1.82) is 0 Å². The third-order valence-corrected chi connectivity index (χ3v) is 11.8. The molecule has 1 amide bonds. The van der Waals surface area contributed by atoms with E-state index in [1.165, 1.54) is 167 Å². The van der Waals surface area contributed by atoms with Crippen molar-refractivity contribution in [3.05, 3.63) is 24.3 Å². The van der Waals surface area contributed by atoms with Gasteiger partial charge in [-0.15, -0.1) is 0 Å². The van der Waals surface area contributed by atoms with E-state index >= 15 is 0 Å². The molecule has 0 rings (SSSR count). The highest BCUT2D eigenvalue weighted by molar-refractivity contribution is 7.47. The number of phosphoric acid groups is 1. The summed E-state index contributed by atoms with van der Waals surface area (Å²) < 4.78 is 22.1. The van der Waals surface area contributed by atoms with Gasteiger partial charge in [-0.05, 0) is 32.1 Å². The van der Waals surface area contributed by atoms with E-state index in [9.17, 15) is 24.5 Å². The van der Waals surface area contributed by atoms with Gasteiger partial charge < -0.3 is 26.2 Å². The molecule has 4 unspecified atom stereocenters. The van der Waals surface area contributed by atoms with Crippen LogP contribution in [0, 0.1) is 0 Å². The van der Waals surface area contributed by atoms with Crippen molar-refractivity contribution in [3.63, 3.8) is 0 Å². The number of unbranched alkanes of at least 4 members (excludes halogenated alkanes) is 29. The molecule has 10 heteroatoms. The Hall–Kier alpha value is -1.06. The number of aliphatic hydroxyl groups excluding tert-OH is 2. The Labute approximate surface area is 351 Å². The number of carbonyl (C=O) groups excluding carboxylic acids is 1. The van der Waals surface area contributed by atoms with Gasteiger partial charge in [0.2, 0.25) is 5.91 Å². The first-order chi connectivity index (χ1) is 27.8. The molecule has 0 aromatic heterocycles. The number of hydrogen-bond donors (Lipinski definition) is 5. The first-order valence-electron chi connectivity index (χ1n) is 24.0. The Balaban J connectivity index is 4.19. The van der Waals surface area contributed by atoms with Gasteiger partial charge in [0.05, 0.1) is 37.9 Å². The van der Waals surface area contributed by atoms with Gasteiger partial charge >= 0.3 is 7.82 Å². The highest BCUT2D eigenvalue weighted by Crippen LogP contribution is 2.43. The Bertz CT molecular complexity index is 966. The fourth-order valence-electron chi connectivity index (χ4n) is 7.19. The topological polar surface area (TPSA) is 151 Å². The fourth-order valence-corrected chi connectivity index (χ4v) is 7.95. The molecule has 0 saturated carbocycles. The molecule has 0 radical (unpaired) electrons. The van der Waals surface area contributed by atoms with E-state index < -0.39 is 38.6 Å². The van der Waals surface area contributed by atoms with Crippen LogP contribution in [-0.2, 0) is 18.4 Å².